The number of hydrogen-bond acceptors (Lipinski definition) is 2. The molecule has 2 aromatic carbocycles. The van der Waals surface area contributed by atoms with Crippen LogP contribution in [0.1, 0.15) is 16.5 Å². The van der Waals surface area contributed by atoms with Crippen LogP contribution in [0.25, 0.3) is 10.1 Å². The van der Waals surface area contributed by atoms with Crippen molar-refractivity contribution in [2.24, 2.45) is 0 Å². The minimum atomic E-state index is -0.539. The molecule has 1 aromatic heterocycles. The van der Waals surface area contributed by atoms with Gasteiger partial charge in [-0.15, -0.1) is 11.3 Å². The molecule has 1 nitrogen and oxygen atoms in total. The van der Waals surface area contributed by atoms with E-state index in [9.17, 15) is 9.50 Å². The Bertz CT molecular complexity index is 654. The fourth-order valence-corrected chi connectivity index (χ4v) is 3.16. The van der Waals surface area contributed by atoms with E-state index in [-0.39, 0.29) is 5.82 Å². The lowest BCUT2D eigenvalue weighted by Crippen LogP contribution is -1.99. The van der Waals surface area contributed by atoms with Gasteiger partial charge in [-0.05, 0) is 35.2 Å². The maximum atomic E-state index is 12.8. The molecule has 0 aliphatic heterocycles. The highest BCUT2D eigenvalue weighted by Gasteiger charge is 2.12. The molecule has 0 spiro atoms. The minimum absolute atomic E-state index is 0.250. The van der Waals surface area contributed by atoms with Gasteiger partial charge in [-0.25, -0.2) is 4.39 Å². The smallest absolute Gasteiger partial charge is 0.123 e. The van der Waals surface area contributed by atoms with Gasteiger partial charge in [0.1, 0.15) is 5.82 Å². The van der Waals surface area contributed by atoms with Crippen molar-refractivity contribution >= 4 is 21.4 Å². The number of aliphatic hydroxyl groups excluding tert-OH is 1. The van der Waals surface area contributed by atoms with E-state index in [1.165, 1.54) is 16.8 Å². The Balaban J connectivity index is 1.83. The lowest BCUT2D eigenvalue weighted by Gasteiger charge is -2.08. The van der Waals surface area contributed by atoms with Gasteiger partial charge in [0.05, 0.1) is 6.10 Å². The van der Waals surface area contributed by atoms with Crippen LogP contribution >= 0.6 is 11.3 Å². The van der Waals surface area contributed by atoms with E-state index in [1.807, 2.05) is 30.3 Å². The Morgan fingerprint density at radius 3 is 2.53 bits per heavy atom. The molecule has 1 heterocycles. The first-order chi connectivity index (χ1) is 9.22. The maximum absolute atomic E-state index is 12.8. The van der Waals surface area contributed by atoms with E-state index in [0.717, 1.165) is 15.8 Å². The van der Waals surface area contributed by atoms with Crippen LogP contribution in [-0.4, -0.2) is 5.11 Å². The molecule has 0 saturated heterocycles. The molecule has 0 saturated carbocycles. The van der Waals surface area contributed by atoms with Crippen molar-refractivity contribution in [1.29, 1.82) is 0 Å². The maximum Gasteiger partial charge on any atom is 0.123 e. The number of thiophene rings is 1. The summed E-state index contributed by atoms with van der Waals surface area (Å²) < 4.78 is 14.0. The lowest BCUT2D eigenvalue weighted by atomic mass is 10.1. The number of benzene rings is 2. The first-order valence-corrected chi connectivity index (χ1v) is 6.95. The summed E-state index contributed by atoms with van der Waals surface area (Å²) in [6.07, 6.45) is -0.0320. The zero-order valence-corrected chi connectivity index (χ0v) is 11.0. The average Bonchev–Trinajstić information content (AvgIpc) is 2.85. The highest BCUT2D eigenvalue weighted by atomic mass is 32.1. The van der Waals surface area contributed by atoms with Gasteiger partial charge in [0.2, 0.25) is 0 Å². The fourth-order valence-electron chi connectivity index (χ4n) is 2.11. The van der Waals surface area contributed by atoms with Crippen LogP contribution < -0.4 is 0 Å². The zero-order valence-electron chi connectivity index (χ0n) is 10.2. The van der Waals surface area contributed by atoms with Gasteiger partial charge in [-0.1, -0.05) is 30.3 Å². The van der Waals surface area contributed by atoms with Crippen LogP contribution in [0.3, 0.4) is 0 Å². The number of aliphatic hydroxyl groups is 1. The molecular weight excluding hydrogens is 259 g/mol. The van der Waals surface area contributed by atoms with Crippen molar-refractivity contribution < 1.29 is 9.50 Å². The Morgan fingerprint density at radius 2 is 1.79 bits per heavy atom. The molecule has 1 unspecified atom stereocenters. The molecule has 1 atom stereocenters. The number of halogens is 1. The summed E-state index contributed by atoms with van der Waals surface area (Å²) in [5.41, 5.74) is 0.936. The van der Waals surface area contributed by atoms with Crippen molar-refractivity contribution in [1.82, 2.24) is 0 Å². The van der Waals surface area contributed by atoms with E-state index < -0.39 is 6.10 Å². The van der Waals surface area contributed by atoms with Gasteiger partial charge < -0.3 is 5.11 Å². The quantitative estimate of drug-likeness (QED) is 0.753. The predicted octanol–water partition coefficient (Wildman–Crippen LogP) is 4.32. The van der Waals surface area contributed by atoms with Gasteiger partial charge in [-0.3, -0.25) is 0 Å². The molecule has 19 heavy (non-hydrogen) atoms. The summed E-state index contributed by atoms with van der Waals surface area (Å²) in [7, 11) is 0. The van der Waals surface area contributed by atoms with E-state index in [0.29, 0.717) is 6.42 Å². The number of hydrogen-bond donors (Lipinski definition) is 1. The Kier molecular flexibility index (Phi) is 3.32. The second-order valence-electron chi connectivity index (χ2n) is 4.53. The van der Waals surface area contributed by atoms with Gasteiger partial charge in [-0.2, -0.15) is 0 Å². The van der Waals surface area contributed by atoms with E-state index in [1.54, 1.807) is 23.5 Å². The third kappa shape index (κ3) is 2.67. The summed E-state index contributed by atoms with van der Waals surface area (Å²) in [6, 6.07) is 16.4. The molecule has 0 aliphatic carbocycles. The highest BCUT2D eigenvalue weighted by molar-refractivity contribution is 7.19. The summed E-state index contributed by atoms with van der Waals surface area (Å²) in [5, 5.41) is 11.4. The largest absolute Gasteiger partial charge is 0.387 e. The normalized spacial score (nSPS) is 12.7. The lowest BCUT2D eigenvalue weighted by molar-refractivity contribution is 0.182. The summed E-state index contributed by atoms with van der Waals surface area (Å²) >= 11 is 1.60. The van der Waals surface area contributed by atoms with E-state index in [4.69, 9.17) is 0 Å². The van der Waals surface area contributed by atoms with Gasteiger partial charge in [0.25, 0.3) is 0 Å². The molecule has 0 aliphatic rings. The summed E-state index contributed by atoms with van der Waals surface area (Å²) in [6.45, 7) is 0. The van der Waals surface area contributed by atoms with Gasteiger partial charge in [0, 0.05) is 16.0 Å². The van der Waals surface area contributed by atoms with Crippen LogP contribution in [0.2, 0.25) is 0 Å². The monoisotopic (exact) mass is 272 g/mol. The van der Waals surface area contributed by atoms with E-state index in [2.05, 4.69) is 0 Å². The first kappa shape index (κ1) is 12.3. The number of rotatable bonds is 3. The fraction of sp³-hybridized carbons (Fsp3) is 0.125. The third-order valence-corrected chi connectivity index (χ3v) is 4.33. The van der Waals surface area contributed by atoms with Gasteiger partial charge >= 0.3 is 0 Å². The Morgan fingerprint density at radius 1 is 1.05 bits per heavy atom. The second kappa shape index (κ2) is 5.11. The zero-order chi connectivity index (χ0) is 13.2. The second-order valence-corrected chi connectivity index (χ2v) is 5.65. The molecular formula is C16H13FOS. The molecule has 1 N–H and O–H groups in total. The SMILES string of the molecule is OC(Cc1ccc(F)cc1)c1cc2ccccc2s1. The molecule has 0 fully saturated rings. The Hall–Kier alpha value is -1.71. The number of fused-ring (bicyclic) bond motifs is 1. The summed E-state index contributed by atoms with van der Waals surface area (Å²) in [4.78, 5) is 0.950. The Labute approximate surface area is 115 Å². The standard InChI is InChI=1S/C16H13FOS/c17-13-7-5-11(6-8-13)9-14(18)16-10-12-3-1-2-4-15(12)19-16/h1-8,10,14,18H,9H2. The van der Waals surface area contributed by atoms with Crippen molar-refractivity contribution in [3.05, 3.63) is 70.9 Å². The molecule has 0 radical (unpaired) electrons. The van der Waals surface area contributed by atoms with Crippen LogP contribution in [0.5, 0.6) is 0 Å². The minimum Gasteiger partial charge on any atom is -0.387 e. The van der Waals surface area contributed by atoms with Crippen molar-refractivity contribution in [3.8, 4) is 0 Å². The van der Waals surface area contributed by atoms with Crippen molar-refractivity contribution in [3.63, 3.8) is 0 Å². The predicted molar refractivity (Wildman–Crippen MR) is 76.9 cm³/mol. The summed E-state index contributed by atoms with van der Waals surface area (Å²) in [5.74, 6) is -0.250. The molecule has 3 rings (SSSR count). The highest BCUT2D eigenvalue weighted by Crippen LogP contribution is 2.31. The van der Waals surface area contributed by atoms with E-state index >= 15 is 0 Å². The van der Waals surface area contributed by atoms with Gasteiger partial charge in [0.15, 0.2) is 0 Å². The topological polar surface area (TPSA) is 20.2 Å². The molecule has 96 valence electrons. The van der Waals surface area contributed by atoms with Crippen LogP contribution in [0.4, 0.5) is 4.39 Å². The van der Waals surface area contributed by atoms with Crippen LogP contribution in [-0.2, 0) is 6.42 Å². The van der Waals surface area contributed by atoms with Crippen LogP contribution in [0, 0.1) is 5.82 Å². The van der Waals surface area contributed by atoms with Crippen molar-refractivity contribution in [2.45, 2.75) is 12.5 Å². The van der Waals surface area contributed by atoms with Crippen LogP contribution in [0.15, 0.2) is 54.6 Å². The molecule has 0 amide bonds. The third-order valence-electron chi connectivity index (χ3n) is 3.12. The average molecular weight is 272 g/mol. The van der Waals surface area contributed by atoms with Crippen molar-refractivity contribution in [2.75, 3.05) is 0 Å². The molecule has 0 bridgehead atoms. The molecule has 3 heteroatoms. The first-order valence-electron chi connectivity index (χ1n) is 6.13. The molecule has 3 aromatic rings.